The van der Waals surface area contributed by atoms with Crippen molar-refractivity contribution in [3.05, 3.63) is 29.8 Å². The fraction of sp³-hybridized carbons (Fsp3) is 0.375. The fourth-order valence-corrected chi connectivity index (χ4v) is 1.85. The summed E-state index contributed by atoms with van der Waals surface area (Å²) in [7, 11) is 0. The molecule has 0 heterocycles. The number of aliphatic hydroxyl groups excluding tert-OH is 2. The molecule has 0 aliphatic heterocycles. The molecular formula is C16H20O8. The summed E-state index contributed by atoms with van der Waals surface area (Å²) in [5.74, 6) is -2.51. The molecule has 0 aliphatic carbocycles. The summed E-state index contributed by atoms with van der Waals surface area (Å²) in [5.41, 5.74) is -0.390. The highest BCUT2D eigenvalue weighted by molar-refractivity contribution is 6.20. The molecule has 4 N–H and O–H groups in total. The number of hydrogen-bond acceptors (Lipinski definition) is 6. The molecule has 132 valence electrons. The van der Waals surface area contributed by atoms with Gasteiger partial charge in [0.2, 0.25) is 0 Å². The van der Waals surface area contributed by atoms with E-state index in [1.807, 2.05) is 0 Å². The minimum Gasteiger partial charge on any atom is -0.490 e. The highest BCUT2D eigenvalue weighted by atomic mass is 16.5. The van der Waals surface area contributed by atoms with E-state index in [-0.39, 0.29) is 43.5 Å². The van der Waals surface area contributed by atoms with Crippen LogP contribution in [-0.4, -0.2) is 58.8 Å². The quantitative estimate of drug-likeness (QED) is 0.343. The van der Waals surface area contributed by atoms with Crippen LogP contribution in [0.2, 0.25) is 0 Å². The second kappa shape index (κ2) is 10.2. The van der Waals surface area contributed by atoms with Gasteiger partial charge in [0.05, 0.1) is 18.8 Å². The summed E-state index contributed by atoms with van der Waals surface area (Å²) in [6.45, 7) is 0.102. The highest BCUT2D eigenvalue weighted by Gasteiger charge is 2.20. The van der Waals surface area contributed by atoms with Crippen molar-refractivity contribution in [3.63, 3.8) is 0 Å². The first-order valence-electron chi connectivity index (χ1n) is 7.29. The Hall–Kier alpha value is -2.58. The Morgan fingerprint density at radius 2 is 1.62 bits per heavy atom. The molecule has 0 saturated heterocycles. The average Bonchev–Trinajstić information content (AvgIpc) is 2.54. The Morgan fingerprint density at radius 1 is 1.00 bits per heavy atom. The molecule has 1 aromatic carbocycles. The second-order valence-corrected chi connectivity index (χ2v) is 4.69. The summed E-state index contributed by atoms with van der Waals surface area (Å²) in [6.07, 6.45) is 1.26. The van der Waals surface area contributed by atoms with E-state index in [1.165, 1.54) is 12.1 Å². The number of benzene rings is 1. The van der Waals surface area contributed by atoms with Gasteiger partial charge in [-0.1, -0.05) is 12.1 Å². The Bertz CT molecular complexity index is 594. The predicted molar refractivity (Wildman–Crippen MR) is 84.1 cm³/mol. The van der Waals surface area contributed by atoms with E-state index in [9.17, 15) is 14.7 Å². The first kappa shape index (κ1) is 19.5. The minimum atomic E-state index is -1.42. The van der Waals surface area contributed by atoms with Crippen LogP contribution in [0.4, 0.5) is 0 Å². The predicted octanol–water partition coefficient (Wildman–Crippen LogP) is 0.762. The number of ether oxygens (including phenoxy) is 2. The number of carbonyl (C=O) groups is 2. The number of aliphatic carboxylic acids is 2. The molecule has 24 heavy (non-hydrogen) atoms. The Kier molecular flexibility index (Phi) is 8.31. The third-order valence-corrected chi connectivity index (χ3v) is 2.88. The van der Waals surface area contributed by atoms with Gasteiger partial charge in [0.1, 0.15) is 0 Å². The summed E-state index contributed by atoms with van der Waals surface area (Å²) < 4.78 is 11.0. The van der Waals surface area contributed by atoms with Crippen LogP contribution in [-0.2, 0) is 9.59 Å². The van der Waals surface area contributed by atoms with Gasteiger partial charge < -0.3 is 29.9 Å². The summed E-state index contributed by atoms with van der Waals surface area (Å²) >= 11 is 0. The van der Waals surface area contributed by atoms with Crippen molar-refractivity contribution >= 4 is 17.5 Å². The van der Waals surface area contributed by atoms with E-state index in [0.29, 0.717) is 18.9 Å². The molecule has 8 heteroatoms. The maximum Gasteiger partial charge on any atom is 0.336 e. The van der Waals surface area contributed by atoms with Crippen LogP contribution in [0.25, 0.3) is 5.57 Å². The maximum atomic E-state index is 11.4. The van der Waals surface area contributed by atoms with Gasteiger partial charge >= 0.3 is 11.9 Å². The molecule has 0 spiro atoms. The largest absolute Gasteiger partial charge is 0.490 e. The van der Waals surface area contributed by atoms with Crippen molar-refractivity contribution in [2.24, 2.45) is 0 Å². The van der Waals surface area contributed by atoms with Crippen molar-refractivity contribution in [1.29, 1.82) is 0 Å². The first-order chi connectivity index (χ1) is 11.5. The first-order valence-corrected chi connectivity index (χ1v) is 7.29. The van der Waals surface area contributed by atoms with E-state index in [0.717, 1.165) is 0 Å². The zero-order chi connectivity index (χ0) is 17.9. The maximum absolute atomic E-state index is 11.4. The molecular weight excluding hydrogens is 320 g/mol. The summed E-state index contributed by atoms with van der Waals surface area (Å²) in [5, 5.41) is 35.8. The van der Waals surface area contributed by atoms with Crippen molar-refractivity contribution < 1.29 is 39.5 Å². The average molecular weight is 340 g/mol. The van der Waals surface area contributed by atoms with Gasteiger partial charge in [-0.05, 0) is 6.07 Å². The third-order valence-electron chi connectivity index (χ3n) is 2.88. The van der Waals surface area contributed by atoms with E-state index < -0.39 is 17.5 Å². The van der Waals surface area contributed by atoms with E-state index >= 15 is 0 Å². The van der Waals surface area contributed by atoms with Crippen LogP contribution in [0, 0.1) is 0 Å². The fourth-order valence-electron chi connectivity index (χ4n) is 1.85. The lowest BCUT2D eigenvalue weighted by Gasteiger charge is -2.16. The third kappa shape index (κ3) is 5.90. The lowest BCUT2D eigenvalue weighted by molar-refractivity contribution is -0.133. The van der Waals surface area contributed by atoms with Gasteiger partial charge in [0.15, 0.2) is 11.5 Å². The zero-order valence-corrected chi connectivity index (χ0v) is 13.0. The van der Waals surface area contributed by atoms with Crippen LogP contribution in [0.5, 0.6) is 11.5 Å². The number of carboxylic acid groups (broad SMARTS) is 2. The molecule has 0 aliphatic rings. The summed E-state index contributed by atoms with van der Waals surface area (Å²) in [4.78, 5) is 22.3. The van der Waals surface area contributed by atoms with Crippen molar-refractivity contribution in [3.8, 4) is 11.5 Å². The van der Waals surface area contributed by atoms with Gasteiger partial charge in [0, 0.05) is 37.7 Å². The zero-order valence-electron chi connectivity index (χ0n) is 13.0. The standard InChI is InChI=1S/C16H20O8/c17-6-2-8-23-13-5-1-4-11(15(13)24-9-3-7-18)12(16(21)22)10-14(19)20/h1,4-5,10,17-18H,2-3,6-9H2,(H,19,20)(H,21,22)/b12-10+. The van der Waals surface area contributed by atoms with Crippen molar-refractivity contribution in [2.75, 3.05) is 26.4 Å². The number of hydrogen-bond donors (Lipinski definition) is 4. The van der Waals surface area contributed by atoms with Crippen LogP contribution < -0.4 is 9.47 Å². The molecule has 8 nitrogen and oxygen atoms in total. The SMILES string of the molecule is O=C(O)/C=C(/C(=O)O)c1cccc(OCCCO)c1OCCCO. The molecule has 0 saturated carbocycles. The lowest BCUT2D eigenvalue weighted by Crippen LogP contribution is -2.09. The molecule has 0 bridgehead atoms. The molecule has 0 amide bonds. The van der Waals surface area contributed by atoms with Gasteiger partial charge in [0.25, 0.3) is 0 Å². The molecule has 0 aromatic heterocycles. The molecule has 1 rings (SSSR count). The Morgan fingerprint density at radius 3 is 2.17 bits per heavy atom. The molecule has 0 unspecified atom stereocenters. The van der Waals surface area contributed by atoms with Gasteiger partial charge in [-0.15, -0.1) is 0 Å². The number of rotatable bonds is 11. The van der Waals surface area contributed by atoms with Crippen LogP contribution >= 0.6 is 0 Å². The van der Waals surface area contributed by atoms with Crippen molar-refractivity contribution in [1.82, 2.24) is 0 Å². The minimum absolute atomic E-state index is 0.0596. The van der Waals surface area contributed by atoms with Gasteiger partial charge in [-0.3, -0.25) is 0 Å². The van der Waals surface area contributed by atoms with E-state index in [1.54, 1.807) is 6.07 Å². The van der Waals surface area contributed by atoms with Crippen LogP contribution in [0.3, 0.4) is 0 Å². The topological polar surface area (TPSA) is 134 Å². The molecule has 0 fully saturated rings. The lowest BCUT2D eigenvalue weighted by atomic mass is 10.0. The van der Waals surface area contributed by atoms with Gasteiger partial charge in [-0.25, -0.2) is 9.59 Å². The smallest absolute Gasteiger partial charge is 0.336 e. The van der Waals surface area contributed by atoms with E-state index in [4.69, 9.17) is 24.8 Å². The highest BCUT2D eigenvalue weighted by Crippen LogP contribution is 2.36. The van der Waals surface area contributed by atoms with Gasteiger partial charge in [-0.2, -0.15) is 0 Å². The van der Waals surface area contributed by atoms with Crippen molar-refractivity contribution in [2.45, 2.75) is 12.8 Å². The second-order valence-electron chi connectivity index (χ2n) is 4.69. The Labute approximate surface area is 138 Å². The number of carboxylic acids is 2. The normalized spacial score (nSPS) is 11.2. The number of para-hydroxylation sites is 1. The molecule has 0 radical (unpaired) electrons. The monoisotopic (exact) mass is 340 g/mol. The van der Waals surface area contributed by atoms with Crippen LogP contribution in [0.1, 0.15) is 18.4 Å². The molecule has 1 aromatic rings. The van der Waals surface area contributed by atoms with Crippen LogP contribution in [0.15, 0.2) is 24.3 Å². The number of aliphatic hydroxyl groups is 2. The van der Waals surface area contributed by atoms with E-state index in [2.05, 4.69) is 0 Å². The summed E-state index contributed by atoms with van der Waals surface area (Å²) in [6, 6.07) is 4.48. The Balaban J connectivity index is 3.26. The molecule has 0 atom stereocenters.